The molecule has 2 aromatic rings. The Morgan fingerprint density at radius 3 is 3.00 bits per heavy atom. The van der Waals surface area contributed by atoms with Crippen LogP contribution in [0.2, 0.25) is 0 Å². The first-order valence-electron chi connectivity index (χ1n) is 8.14. The fraction of sp³-hybridized carbons (Fsp3) is 0.562. The Kier molecular flexibility index (Phi) is 3.90. The van der Waals surface area contributed by atoms with E-state index in [-0.39, 0.29) is 11.7 Å². The molecule has 1 aliphatic heterocycles. The van der Waals surface area contributed by atoms with E-state index in [9.17, 15) is 4.79 Å². The predicted octanol–water partition coefficient (Wildman–Crippen LogP) is 2.75. The summed E-state index contributed by atoms with van der Waals surface area (Å²) in [6, 6.07) is 1.82. The highest BCUT2D eigenvalue weighted by Crippen LogP contribution is 2.40. The summed E-state index contributed by atoms with van der Waals surface area (Å²) < 4.78 is 1.81. The lowest BCUT2D eigenvalue weighted by Crippen LogP contribution is -2.36. The van der Waals surface area contributed by atoms with Gasteiger partial charge >= 0.3 is 5.97 Å². The Balaban J connectivity index is 1.40. The lowest BCUT2D eigenvalue weighted by Gasteiger charge is -2.32. The molecule has 23 heavy (non-hydrogen) atoms. The van der Waals surface area contributed by atoms with E-state index in [0.717, 1.165) is 32.5 Å². The maximum Gasteiger partial charge on any atom is 0.356 e. The summed E-state index contributed by atoms with van der Waals surface area (Å²) in [7, 11) is 0. The van der Waals surface area contributed by atoms with E-state index >= 15 is 0 Å². The lowest BCUT2D eigenvalue weighted by atomic mass is 10.1. The monoisotopic (exact) mass is 332 g/mol. The molecule has 0 bridgehead atoms. The summed E-state index contributed by atoms with van der Waals surface area (Å²) in [6.45, 7) is 2.86. The normalized spacial score (nSPS) is 22.3. The van der Waals surface area contributed by atoms with Gasteiger partial charge in [0.2, 0.25) is 0 Å². The molecule has 6 nitrogen and oxygen atoms in total. The molecule has 1 atom stereocenters. The van der Waals surface area contributed by atoms with Crippen molar-refractivity contribution in [1.82, 2.24) is 19.7 Å². The topological polar surface area (TPSA) is 71.2 Å². The predicted molar refractivity (Wildman–Crippen MR) is 86.8 cm³/mol. The zero-order chi connectivity index (χ0) is 15.8. The van der Waals surface area contributed by atoms with E-state index in [1.165, 1.54) is 23.5 Å². The fourth-order valence-corrected chi connectivity index (χ4v) is 4.12. The van der Waals surface area contributed by atoms with Gasteiger partial charge in [0.15, 0.2) is 5.69 Å². The number of likely N-dealkylation sites (tertiary alicyclic amines) is 1. The van der Waals surface area contributed by atoms with Gasteiger partial charge in [-0.3, -0.25) is 9.58 Å². The van der Waals surface area contributed by atoms with Crippen molar-refractivity contribution in [2.75, 3.05) is 13.1 Å². The lowest BCUT2D eigenvalue weighted by molar-refractivity contribution is 0.0688. The quantitative estimate of drug-likeness (QED) is 0.911. The minimum atomic E-state index is -0.966. The molecular formula is C16H20N4O2S. The van der Waals surface area contributed by atoms with Gasteiger partial charge in [0, 0.05) is 24.0 Å². The summed E-state index contributed by atoms with van der Waals surface area (Å²) in [5.41, 5.74) is 1.40. The molecule has 0 radical (unpaired) electrons. The number of carboxylic acid groups (broad SMARTS) is 1. The summed E-state index contributed by atoms with van der Waals surface area (Å²) >= 11 is 1.76. The van der Waals surface area contributed by atoms with Crippen molar-refractivity contribution in [2.24, 2.45) is 0 Å². The van der Waals surface area contributed by atoms with Gasteiger partial charge in [-0.15, -0.1) is 11.3 Å². The van der Waals surface area contributed by atoms with E-state index in [1.54, 1.807) is 23.6 Å². The third kappa shape index (κ3) is 3.30. The van der Waals surface area contributed by atoms with Gasteiger partial charge in [-0.25, -0.2) is 9.78 Å². The molecule has 0 aromatic carbocycles. The second-order valence-corrected chi connectivity index (χ2v) is 7.40. The Labute approximate surface area is 138 Å². The second-order valence-electron chi connectivity index (χ2n) is 6.46. The number of hydrogen-bond acceptors (Lipinski definition) is 5. The maximum absolute atomic E-state index is 11.0. The number of carboxylic acids is 1. The van der Waals surface area contributed by atoms with Crippen molar-refractivity contribution in [3.05, 3.63) is 34.0 Å². The van der Waals surface area contributed by atoms with Crippen molar-refractivity contribution < 1.29 is 9.90 Å². The molecule has 2 fully saturated rings. The Morgan fingerprint density at radius 2 is 2.26 bits per heavy atom. The number of carbonyl (C=O) groups is 1. The van der Waals surface area contributed by atoms with Crippen molar-refractivity contribution in [3.63, 3.8) is 0 Å². The van der Waals surface area contributed by atoms with Gasteiger partial charge in [-0.2, -0.15) is 5.10 Å². The molecular weight excluding hydrogens is 312 g/mol. The molecule has 0 spiro atoms. The molecule has 122 valence electrons. The van der Waals surface area contributed by atoms with E-state index in [1.807, 2.05) is 4.68 Å². The van der Waals surface area contributed by atoms with Crippen molar-refractivity contribution in [3.8, 4) is 0 Å². The van der Waals surface area contributed by atoms with Crippen LogP contribution in [-0.2, 0) is 6.54 Å². The summed E-state index contributed by atoms with van der Waals surface area (Å²) in [5, 5.41) is 16.6. The Morgan fingerprint density at radius 1 is 1.39 bits per heavy atom. The van der Waals surface area contributed by atoms with E-state index in [2.05, 4.69) is 15.4 Å². The zero-order valence-corrected chi connectivity index (χ0v) is 13.7. The number of rotatable bonds is 5. The van der Waals surface area contributed by atoms with Gasteiger partial charge in [0.05, 0.1) is 18.3 Å². The highest BCUT2D eigenvalue weighted by molar-refractivity contribution is 7.09. The minimum absolute atomic E-state index is 0.121. The fourth-order valence-electron chi connectivity index (χ4n) is 3.20. The van der Waals surface area contributed by atoms with Crippen LogP contribution in [0.25, 0.3) is 0 Å². The number of aromatic carboxylic acids is 1. The van der Waals surface area contributed by atoms with Crippen LogP contribution in [0.3, 0.4) is 0 Å². The zero-order valence-electron chi connectivity index (χ0n) is 12.9. The number of thiazole rings is 1. The third-order valence-corrected chi connectivity index (χ3v) is 5.46. The maximum atomic E-state index is 11.0. The van der Waals surface area contributed by atoms with Crippen LogP contribution in [0, 0.1) is 0 Å². The Bertz CT molecular complexity index is 707. The molecule has 3 heterocycles. The van der Waals surface area contributed by atoms with Gasteiger partial charge in [-0.1, -0.05) is 0 Å². The number of hydrogen-bond donors (Lipinski definition) is 1. The summed E-state index contributed by atoms with van der Waals surface area (Å²) in [6.07, 6.45) is 6.52. The van der Waals surface area contributed by atoms with Gasteiger partial charge in [-0.05, 0) is 38.3 Å². The Hall–Kier alpha value is -1.73. The highest BCUT2D eigenvalue weighted by atomic mass is 32.1. The van der Waals surface area contributed by atoms with E-state index in [4.69, 9.17) is 10.1 Å². The molecule has 2 aliphatic rings. The third-order valence-electron chi connectivity index (χ3n) is 4.61. The van der Waals surface area contributed by atoms with Gasteiger partial charge in [0.25, 0.3) is 0 Å². The van der Waals surface area contributed by atoms with Gasteiger partial charge in [0.1, 0.15) is 5.01 Å². The smallest absolute Gasteiger partial charge is 0.356 e. The van der Waals surface area contributed by atoms with Crippen LogP contribution in [-0.4, -0.2) is 43.8 Å². The van der Waals surface area contributed by atoms with Crippen molar-refractivity contribution in [2.45, 2.75) is 44.2 Å². The molecule has 1 saturated heterocycles. The van der Waals surface area contributed by atoms with Crippen LogP contribution in [0.15, 0.2) is 17.6 Å². The molecule has 1 N–H and O–H groups in total. The van der Waals surface area contributed by atoms with Crippen LogP contribution in [0.5, 0.6) is 0 Å². The largest absolute Gasteiger partial charge is 0.476 e. The standard InChI is InChI=1S/C16H20N4O2S/c21-16(22)13-5-7-20(18-13)12-2-1-6-19(8-12)9-15-17-14(10-23-15)11-3-4-11/h5,7,10-12H,1-4,6,8-9H2,(H,21,22). The average molecular weight is 332 g/mol. The molecule has 2 aromatic heterocycles. The van der Waals surface area contributed by atoms with Crippen molar-refractivity contribution >= 4 is 17.3 Å². The van der Waals surface area contributed by atoms with E-state index in [0.29, 0.717) is 5.92 Å². The molecule has 1 aliphatic carbocycles. The number of piperidine rings is 1. The minimum Gasteiger partial charge on any atom is -0.476 e. The van der Waals surface area contributed by atoms with Gasteiger partial charge < -0.3 is 5.11 Å². The molecule has 7 heteroatoms. The second kappa shape index (κ2) is 6.05. The van der Waals surface area contributed by atoms with Crippen LogP contribution in [0.1, 0.15) is 58.8 Å². The first kappa shape index (κ1) is 14.8. The summed E-state index contributed by atoms with van der Waals surface area (Å²) in [5.74, 6) is -0.251. The van der Waals surface area contributed by atoms with E-state index < -0.39 is 5.97 Å². The number of nitrogens with zero attached hydrogens (tertiary/aromatic N) is 4. The summed E-state index contributed by atoms with van der Waals surface area (Å²) in [4.78, 5) is 18.1. The molecule has 4 rings (SSSR count). The first-order chi connectivity index (χ1) is 11.2. The number of aromatic nitrogens is 3. The molecule has 1 unspecified atom stereocenters. The van der Waals surface area contributed by atoms with Crippen LogP contribution < -0.4 is 0 Å². The highest BCUT2D eigenvalue weighted by Gasteiger charge is 2.27. The molecule has 1 saturated carbocycles. The SMILES string of the molecule is O=C(O)c1ccn(C2CCCN(Cc3nc(C4CC4)cs3)C2)n1. The van der Waals surface area contributed by atoms with Crippen LogP contribution in [0.4, 0.5) is 0 Å². The first-order valence-corrected chi connectivity index (χ1v) is 9.02. The molecule has 0 amide bonds. The average Bonchev–Trinajstić information content (AvgIpc) is 3.09. The van der Waals surface area contributed by atoms with Crippen molar-refractivity contribution in [1.29, 1.82) is 0 Å². The van der Waals surface area contributed by atoms with Crippen LogP contribution >= 0.6 is 11.3 Å².